The number of hydrogen-bond donors (Lipinski definition) is 2. The van der Waals surface area contributed by atoms with E-state index in [0.29, 0.717) is 24.5 Å². The van der Waals surface area contributed by atoms with Crippen molar-refractivity contribution in [1.29, 1.82) is 0 Å². The number of hydrogen-bond acceptors (Lipinski definition) is 5. The molecule has 0 bridgehead atoms. The van der Waals surface area contributed by atoms with E-state index in [1.165, 1.54) is 6.07 Å². The van der Waals surface area contributed by atoms with Gasteiger partial charge in [0.25, 0.3) is 15.9 Å². The average molecular weight is 419 g/mol. The normalized spacial score (nSPS) is 16.4. The molecule has 0 radical (unpaired) electrons. The van der Waals surface area contributed by atoms with Crippen molar-refractivity contribution < 1.29 is 22.7 Å². The summed E-state index contributed by atoms with van der Waals surface area (Å²) in [6.45, 7) is 4.64. The Morgan fingerprint density at radius 2 is 1.93 bits per heavy atom. The standard InChI is InChI=1S/C21H26N2O5S/c1-14-15(2)20(11-10-19(14)27-3)29(25,26)23-18-9-5-4-8-17(18)21(24)22-13-16-7-6-12-28-16/h4-5,8-11,16,23H,6-7,12-13H2,1-3H3,(H,22,24)/t16-/m0/s1. The van der Waals surface area contributed by atoms with Gasteiger partial charge in [-0.25, -0.2) is 8.42 Å². The molecule has 1 aliphatic rings. The molecule has 156 valence electrons. The zero-order valence-corrected chi connectivity index (χ0v) is 17.6. The molecule has 0 unspecified atom stereocenters. The summed E-state index contributed by atoms with van der Waals surface area (Å²) < 4.78 is 39.3. The first-order valence-electron chi connectivity index (χ1n) is 9.49. The van der Waals surface area contributed by atoms with Crippen LogP contribution in [0.5, 0.6) is 5.75 Å². The highest BCUT2D eigenvalue weighted by Gasteiger charge is 2.23. The third kappa shape index (κ3) is 4.71. The number of rotatable bonds is 7. The van der Waals surface area contributed by atoms with E-state index in [0.717, 1.165) is 18.4 Å². The van der Waals surface area contributed by atoms with Gasteiger partial charge in [0.15, 0.2) is 0 Å². The van der Waals surface area contributed by atoms with E-state index in [2.05, 4.69) is 10.0 Å². The minimum atomic E-state index is -3.89. The lowest BCUT2D eigenvalue weighted by atomic mass is 10.1. The highest BCUT2D eigenvalue weighted by molar-refractivity contribution is 7.92. The van der Waals surface area contributed by atoms with Crippen LogP contribution in [0.15, 0.2) is 41.3 Å². The molecule has 29 heavy (non-hydrogen) atoms. The Labute approximate surface area is 171 Å². The predicted octanol–water partition coefficient (Wildman–Crippen LogP) is 3.02. The third-order valence-corrected chi connectivity index (χ3v) is 6.64. The summed E-state index contributed by atoms with van der Waals surface area (Å²) in [6.07, 6.45) is 1.90. The van der Waals surface area contributed by atoms with Gasteiger partial charge >= 0.3 is 0 Å². The first-order valence-corrected chi connectivity index (χ1v) is 11.0. The average Bonchev–Trinajstić information content (AvgIpc) is 3.21. The maximum Gasteiger partial charge on any atom is 0.262 e. The van der Waals surface area contributed by atoms with E-state index < -0.39 is 10.0 Å². The van der Waals surface area contributed by atoms with Crippen LogP contribution >= 0.6 is 0 Å². The molecule has 3 rings (SSSR count). The van der Waals surface area contributed by atoms with Gasteiger partial charge in [-0.2, -0.15) is 0 Å². The first-order chi connectivity index (χ1) is 13.8. The summed E-state index contributed by atoms with van der Waals surface area (Å²) in [6, 6.07) is 9.67. The molecule has 1 aliphatic heterocycles. The number of carbonyl (C=O) groups is 1. The van der Waals surface area contributed by atoms with Crippen LogP contribution in [-0.4, -0.2) is 40.7 Å². The van der Waals surface area contributed by atoms with E-state index in [1.54, 1.807) is 51.3 Å². The number of para-hydroxylation sites is 1. The Hall–Kier alpha value is -2.58. The fourth-order valence-corrected chi connectivity index (χ4v) is 4.74. The summed E-state index contributed by atoms with van der Waals surface area (Å²) in [5, 5.41) is 2.83. The van der Waals surface area contributed by atoms with Crippen molar-refractivity contribution in [2.24, 2.45) is 0 Å². The SMILES string of the molecule is COc1ccc(S(=O)(=O)Nc2ccccc2C(=O)NC[C@@H]2CCCO2)c(C)c1C. The van der Waals surface area contributed by atoms with Gasteiger partial charge in [-0.05, 0) is 62.1 Å². The summed E-state index contributed by atoms with van der Waals surface area (Å²) >= 11 is 0. The molecule has 1 atom stereocenters. The number of anilines is 1. The second-order valence-corrected chi connectivity index (χ2v) is 8.66. The third-order valence-electron chi connectivity index (χ3n) is 5.13. The van der Waals surface area contributed by atoms with Crippen LogP contribution in [0.2, 0.25) is 0 Å². The Balaban J connectivity index is 1.83. The van der Waals surface area contributed by atoms with Gasteiger partial charge in [0.1, 0.15) is 5.75 Å². The minimum absolute atomic E-state index is 0.00716. The smallest absolute Gasteiger partial charge is 0.262 e. The van der Waals surface area contributed by atoms with Gasteiger partial charge < -0.3 is 14.8 Å². The second-order valence-electron chi connectivity index (χ2n) is 7.01. The lowest BCUT2D eigenvalue weighted by molar-refractivity contribution is 0.0858. The number of amides is 1. The molecule has 1 heterocycles. The maximum absolute atomic E-state index is 13.0. The van der Waals surface area contributed by atoms with Crippen LogP contribution in [0.1, 0.15) is 34.3 Å². The quantitative estimate of drug-likeness (QED) is 0.721. The van der Waals surface area contributed by atoms with Gasteiger partial charge in [0.05, 0.1) is 29.4 Å². The zero-order chi connectivity index (χ0) is 21.0. The van der Waals surface area contributed by atoms with Crippen LogP contribution in [0.4, 0.5) is 5.69 Å². The largest absolute Gasteiger partial charge is 0.496 e. The van der Waals surface area contributed by atoms with Crippen LogP contribution in [0.3, 0.4) is 0 Å². The highest BCUT2D eigenvalue weighted by Crippen LogP contribution is 2.29. The highest BCUT2D eigenvalue weighted by atomic mass is 32.2. The molecule has 2 N–H and O–H groups in total. The number of methoxy groups -OCH3 is 1. The Morgan fingerprint density at radius 1 is 1.17 bits per heavy atom. The molecular weight excluding hydrogens is 392 g/mol. The monoisotopic (exact) mass is 418 g/mol. The van der Waals surface area contributed by atoms with E-state index in [-0.39, 0.29) is 28.2 Å². The van der Waals surface area contributed by atoms with Crippen LogP contribution in [0.25, 0.3) is 0 Å². The fourth-order valence-electron chi connectivity index (χ4n) is 3.36. The summed E-state index contributed by atoms with van der Waals surface area (Å²) in [5.74, 6) is 0.275. The molecular formula is C21H26N2O5S. The molecule has 1 saturated heterocycles. The fraction of sp³-hybridized carbons (Fsp3) is 0.381. The molecule has 0 aromatic heterocycles. The van der Waals surface area contributed by atoms with E-state index in [4.69, 9.17) is 9.47 Å². The zero-order valence-electron chi connectivity index (χ0n) is 16.8. The molecule has 0 spiro atoms. The topological polar surface area (TPSA) is 93.7 Å². The number of carbonyl (C=O) groups excluding carboxylic acids is 1. The summed E-state index contributed by atoms with van der Waals surface area (Å²) in [7, 11) is -2.35. The number of benzene rings is 2. The lowest BCUT2D eigenvalue weighted by Gasteiger charge is -2.16. The maximum atomic E-state index is 13.0. The molecule has 2 aromatic carbocycles. The molecule has 1 amide bonds. The number of ether oxygens (including phenoxy) is 2. The van der Waals surface area contributed by atoms with E-state index >= 15 is 0 Å². The van der Waals surface area contributed by atoms with Gasteiger partial charge in [-0.3, -0.25) is 9.52 Å². The van der Waals surface area contributed by atoms with E-state index in [1.807, 2.05) is 0 Å². The molecule has 2 aromatic rings. The molecule has 0 saturated carbocycles. The first kappa shape index (κ1) is 21.1. The molecule has 7 nitrogen and oxygen atoms in total. The molecule has 1 fully saturated rings. The Morgan fingerprint density at radius 3 is 2.62 bits per heavy atom. The Bertz CT molecular complexity index is 998. The van der Waals surface area contributed by atoms with Crippen molar-refractivity contribution in [1.82, 2.24) is 5.32 Å². The van der Waals surface area contributed by atoms with Crippen molar-refractivity contribution in [2.75, 3.05) is 25.0 Å². The number of nitrogens with one attached hydrogen (secondary N) is 2. The van der Waals surface area contributed by atoms with Crippen molar-refractivity contribution in [2.45, 2.75) is 37.7 Å². The van der Waals surface area contributed by atoms with Crippen molar-refractivity contribution in [3.63, 3.8) is 0 Å². The lowest BCUT2D eigenvalue weighted by Crippen LogP contribution is -2.32. The van der Waals surface area contributed by atoms with Crippen LogP contribution in [0, 0.1) is 13.8 Å². The van der Waals surface area contributed by atoms with Gasteiger partial charge in [-0.15, -0.1) is 0 Å². The second kappa shape index (κ2) is 8.84. The van der Waals surface area contributed by atoms with Gasteiger partial charge in [0, 0.05) is 13.2 Å². The predicted molar refractivity (Wildman–Crippen MR) is 111 cm³/mol. The molecule has 8 heteroatoms. The van der Waals surface area contributed by atoms with E-state index in [9.17, 15) is 13.2 Å². The number of sulfonamides is 1. The Kier molecular flexibility index (Phi) is 6.44. The summed E-state index contributed by atoms with van der Waals surface area (Å²) in [4.78, 5) is 12.8. The van der Waals surface area contributed by atoms with Gasteiger partial charge in [0.2, 0.25) is 0 Å². The summed E-state index contributed by atoms with van der Waals surface area (Å²) in [5.41, 5.74) is 1.83. The van der Waals surface area contributed by atoms with Crippen molar-refractivity contribution in [3.8, 4) is 5.75 Å². The van der Waals surface area contributed by atoms with Gasteiger partial charge in [-0.1, -0.05) is 12.1 Å². The van der Waals surface area contributed by atoms with Crippen LogP contribution < -0.4 is 14.8 Å². The minimum Gasteiger partial charge on any atom is -0.496 e. The molecule has 0 aliphatic carbocycles. The van der Waals surface area contributed by atoms with Crippen molar-refractivity contribution in [3.05, 3.63) is 53.1 Å². The van der Waals surface area contributed by atoms with Crippen molar-refractivity contribution >= 4 is 21.6 Å². The van der Waals surface area contributed by atoms with Crippen LogP contribution in [-0.2, 0) is 14.8 Å².